The number of piperidine rings is 1. The van der Waals surface area contributed by atoms with Crippen LogP contribution in [-0.4, -0.2) is 18.8 Å². The van der Waals surface area contributed by atoms with Gasteiger partial charge in [0.05, 0.1) is 0 Å². The Morgan fingerprint density at radius 1 is 1.33 bits per heavy atom. The topological polar surface area (TPSA) is 12.0 Å². The maximum atomic E-state index is 12.6. The molecule has 54 valence electrons. The van der Waals surface area contributed by atoms with Crippen LogP contribution in [0.2, 0.25) is 0 Å². The Morgan fingerprint density at radius 3 is 2.33 bits per heavy atom. The minimum atomic E-state index is -0.485. The molecule has 1 aliphatic carbocycles. The lowest BCUT2D eigenvalue weighted by atomic mass is 10.1. The average Bonchev–Trinajstić information content (AvgIpc) is 2.23. The number of nitrogens with one attached hydrogen (secondary N) is 1. The number of halogens is 2. The molecule has 3 atom stereocenters. The molecule has 1 aliphatic heterocycles. The van der Waals surface area contributed by atoms with E-state index in [-0.39, 0.29) is 12.4 Å². The summed E-state index contributed by atoms with van der Waals surface area (Å²) in [6.07, 6.45) is 1.37. The second kappa shape index (κ2) is 2.43. The number of rotatable bonds is 0. The maximum absolute atomic E-state index is 12.6. The Bertz CT molecular complexity index is 107. The van der Waals surface area contributed by atoms with Crippen molar-refractivity contribution in [3.63, 3.8) is 0 Å². The third-order valence-electron chi connectivity index (χ3n) is 2.28. The van der Waals surface area contributed by atoms with Gasteiger partial charge in [-0.25, -0.2) is 4.39 Å². The van der Waals surface area contributed by atoms with Gasteiger partial charge in [-0.2, -0.15) is 0 Å². The van der Waals surface area contributed by atoms with Crippen molar-refractivity contribution in [2.45, 2.75) is 25.1 Å². The van der Waals surface area contributed by atoms with E-state index >= 15 is 0 Å². The lowest BCUT2D eigenvalue weighted by Gasteiger charge is -2.13. The SMILES string of the molecule is Cl.F[C@H]1C[C@H]2C[C@@H]1CN2. The molecule has 0 aromatic heterocycles. The predicted octanol–water partition coefficient (Wildman–Crippen LogP) is 1.13. The van der Waals surface area contributed by atoms with Gasteiger partial charge in [0.15, 0.2) is 0 Å². The summed E-state index contributed by atoms with van der Waals surface area (Å²) in [5.41, 5.74) is 0. The molecule has 0 radical (unpaired) electrons. The molecule has 0 amide bonds. The van der Waals surface area contributed by atoms with Crippen LogP contribution in [0.4, 0.5) is 4.39 Å². The summed E-state index contributed by atoms with van der Waals surface area (Å²) in [4.78, 5) is 0. The molecule has 0 aromatic carbocycles. The van der Waals surface area contributed by atoms with Gasteiger partial charge < -0.3 is 5.32 Å². The third-order valence-corrected chi connectivity index (χ3v) is 2.28. The van der Waals surface area contributed by atoms with E-state index in [1.165, 1.54) is 0 Å². The van der Waals surface area contributed by atoms with E-state index in [0.29, 0.717) is 12.0 Å². The van der Waals surface area contributed by atoms with E-state index in [2.05, 4.69) is 5.32 Å². The summed E-state index contributed by atoms with van der Waals surface area (Å²) in [6, 6.07) is 0.523. The van der Waals surface area contributed by atoms with Crippen molar-refractivity contribution < 1.29 is 4.39 Å². The van der Waals surface area contributed by atoms with E-state index in [9.17, 15) is 4.39 Å². The van der Waals surface area contributed by atoms with Crippen LogP contribution in [0.25, 0.3) is 0 Å². The second-order valence-electron chi connectivity index (χ2n) is 2.85. The zero-order valence-electron chi connectivity index (χ0n) is 5.14. The lowest BCUT2D eigenvalue weighted by Crippen LogP contribution is -2.30. The van der Waals surface area contributed by atoms with E-state index in [0.717, 1.165) is 19.4 Å². The molecule has 1 saturated carbocycles. The Balaban J connectivity index is 0.000000405. The highest BCUT2D eigenvalue weighted by atomic mass is 35.5. The molecule has 2 bridgehead atoms. The molecule has 1 heterocycles. The van der Waals surface area contributed by atoms with Crippen molar-refractivity contribution in [1.29, 1.82) is 0 Å². The highest BCUT2D eigenvalue weighted by molar-refractivity contribution is 5.85. The molecule has 0 spiro atoms. The fraction of sp³-hybridized carbons (Fsp3) is 1.00. The predicted molar refractivity (Wildman–Crippen MR) is 36.7 cm³/mol. The van der Waals surface area contributed by atoms with Crippen molar-refractivity contribution in [2.75, 3.05) is 6.54 Å². The van der Waals surface area contributed by atoms with Gasteiger partial charge in [0.2, 0.25) is 0 Å². The van der Waals surface area contributed by atoms with Gasteiger partial charge >= 0.3 is 0 Å². The molecule has 2 rings (SSSR count). The smallest absolute Gasteiger partial charge is 0.106 e. The van der Waals surface area contributed by atoms with Gasteiger partial charge in [-0.05, 0) is 12.8 Å². The molecule has 3 heteroatoms. The first-order chi connectivity index (χ1) is 3.86. The van der Waals surface area contributed by atoms with Crippen LogP contribution in [0.5, 0.6) is 0 Å². The van der Waals surface area contributed by atoms with Crippen molar-refractivity contribution in [3.8, 4) is 0 Å². The highest BCUT2D eigenvalue weighted by Crippen LogP contribution is 2.32. The van der Waals surface area contributed by atoms with Gasteiger partial charge in [0.25, 0.3) is 0 Å². The largest absolute Gasteiger partial charge is 0.313 e. The normalized spacial score (nSPS) is 47.0. The molecule has 0 aromatic rings. The number of alkyl halides is 1. The second-order valence-corrected chi connectivity index (χ2v) is 2.85. The van der Waals surface area contributed by atoms with E-state index in [4.69, 9.17) is 0 Å². The quantitative estimate of drug-likeness (QED) is 0.548. The molecule has 2 fully saturated rings. The summed E-state index contributed by atoms with van der Waals surface area (Å²) in [5, 5.41) is 3.25. The van der Waals surface area contributed by atoms with Crippen LogP contribution in [0.3, 0.4) is 0 Å². The lowest BCUT2D eigenvalue weighted by molar-refractivity contribution is 0.242. The Morgan fingerprint density at radius 2 is 2.11 bits per heavy atom. The monoisotopic (exact) mass is 151 g/mol. The summed E-state index contributed by atoms with van der Waals surface area (Å²) < 4.78 is 12.6. The van der Waals surface area contributed by atoms with Crippen LogP contribution < -0.4 is 5.32 Å². The van der Waals surface area contributed by atoms with Gasteiger partial charge in [0.1, 0.15) is 6.17 Å². The van der Waals surface area contributed by atoms with E-state index < -0.39 is 6.17 Å². The standard InChI is InChI=1S/C6H10FN.ClH/c7-6-2-5-1-4(6)3-8-5;/h4-6,8H,1-3H2;1H/t4-,5-,6+;/m1./s1. The molecule has 1 saturated heterocycles. The summed E-state index contributed by atoms with van der Waals surface area (Å²) in [7, 11) is 0. The fourth-order valence-corrected chi connectivity index (χ4v) is 1.77. The summed E-state index contributed by atoms with van der Waals surface area (Å²) in [5.74, 6) is 0.361. The minimum absolute atomic E-state index is 0. The number of hydrogen-bond donors (Lipinski definition) is 1. The average molecular weight is 152 g/mol. The first-order valence-electron chi connectivity index (χ1n) is 3.24. The fourth-order valence-electron chi connectivity index (χ4n) is 1.77. The first kappa shape index (κ1) is 7.29. The third kappa shape index (κ3) is 1.06. The van der Waals surface area contributed by atoms with E-state index in [1.807, 2.05) is 0 Å². The van der Waals surface area contributed by atoms with Crippen LogP contribution in [0, 0.1) is 5.92 Å². The molecule has 1 N–H and O–H groups in total. The number of hydrogen-bond acceptors (Lipinski definition) is 1. The summed E-state index contributed by atoms with van der Waals surface area (Å²) in [6.45, 7) is 0.922. The number of fused-ring (bicyclic) bond motifs is 2. The van der Waals surface area contributed by atoms with Crippen LogP contribution in [0.1, 0.15) is 12.8 Å². The zero-order chi connectivity index (χ0) is 5.56. The highest BCUT2D eigenvalue weighted by Gasteiger charge is 2.39. The first-order valence-corrected chi connectivity index (χ1v) is 3.24. The van der Waals surface area contributed by atoms with Crippen LogP contribution in [-0.2, 0) is 0 Å². The molecule has 0 unspecified atom stereocenters. The van der Waals surface area contributed by atoms with Gasteiger partial charge in [-0.3, -0.25) is 0 Å². The van der Waals surface area contributed by atoms with Crippen molar-refractivity contribution >= 4 is 12.4 Å². The van der Waals surface area contributed by atoms with Crippen molar-refractivity contribution in [1.82, 2.24) is 5.32 Å². The van der Waals surface area contributed by atoms with Gasteiger partial charge in [-0.15, -0.1) is 12.4 Å². The molecule has 1 nitrogen and oxygen atoms in total. The Hall–Kier alpha value is 0.180. The minimum Gasteiger partial charge on any atom is -0.313 e. The molecule has 9 heavy (non-hydrogen) atoms. The molecular formula is C6H11ClFN. The van der Waals surface area contributed by atoms with Crippen LogP contribution in [0.15, 0.2) is 0 Å². The van der Waals surface area contributed by atoms with Crippen molar-refractivity contribution in [2.24, 2.45) is 5.92 Å². The summed E-state index contributed by atoms with van der Waals surface area (Å²) >= 11 is 0. The Kier molecular flexibility index (Phi) is 1.97. The van der Waals surface area contributed by atoms with Gasteiger partial charge in [0, 0.05) is 18.5 Å². The molecular weight excluding hydrogens is 141 g/mol. The Labute approximate surface area is 60.4 Å². The maximum Gasteiger partial charge on any atom is 0.106 e. The van der Waals surface area contributed by atoms with E-state index in [1.54, 1.807) is 0 Å². The van der Waals surface area contributed by atoms with Crippen LogP contribution >= 0.6 is 12.4 Å². The molecule has 2 aliphatic rings. The zero-order valence-corrected chi connectivity index (χ0v) is 5.96. The van der Waals surface area contributed by atoms with Crippen molar-refractivity contribution in [3.05, 3.63) is 0 Å². The van der Waals surface area contributed by atoms with Gasteiger partial charge in [-0.1, -0.05) is 0 Å².